The molecule has 13 heavy (non-hydrogen) atoms. The summed E-state index contributed by atoms with van der Waals surface area (Å²) in [5, 5.41) is 0.531. The highest BCUT2D eigenvalue weighted by atomic mass is 35.5. The van der Waals surface area contributed by atoms with Crippen molar-refractivity contribution >= 4 is 11.6 Å². The molecule has 1 rings (SSSR count). The SMILES string of the molecule is CCC[C@@H](N)c1cc(Cl)ccc1F. The standard InChI is InChI=1S/C10H13ClFN/c1-2-3-10(13)8-6-7(11)4-5-9(8)12/h4-6,10H,2-3,13H2,1H3/t10-/m1/s1. The molecule has 0 amide bonds. The third kappa shape index (κ3) is 2.68. The number of hydrogen-bond acceptors (Lipinski definition) is 1. The van der Waals surface area contributed by atoms with Crippen molar-refractivity contribution in [2.75, 3.05) is 0 Å². The Bertz CT molecular complexity index is 288. The molecule has 0 unspecified atom stereocenters. The molecule has 72 valence electrons. The molecular weight excluding hydrogens is 189 g/mol. The molecule has 0 aliphatic rings. The van der Waals surface area contributed by atoms with Crippen LogP contribution in [-0.2, 0) is 0 Å². The van der Waals surface area contributed by atoms with E-state index in [1.165, 1.54) is 12.1 Å². The monoisotopic (exact) mass is 201 g/mol. The minimum absolute atomic E-state index is 0.247. The predicted octanol–water partition coefficient (Wildman–Crippen LogP) is 3.28. The fourth-order valence-corrected chi connectivity index (χ4v) is 1.45. The molecule has 2 N–H and O–H groups in total. The van der Waals surface area contributed by atoms with Gasteiger partial charge in [0.25, 0.3) is 0 Å². The second-order valence-corrected chi connectivity index (χ2v) is 3.50. The van der Waals surface area contributed by atoms with Crippen LogP contribution in [0.15, 0.2) is 18.2 Å². The van der Waals surface area contributed by atoms with E-state index in [-0.39, 0.29) is 11.9 Å². The summed E-state index contributed by atoms with van der Waals surface area (Å²) in [5.41, 5.74) is 6.29. The van der Waals surface area contributed by atoms with Crippen LogP contribution in [0.3, 0.4) is 0 Å². The van der Waals surface area contributed by atoms with Crippen LogP contribution in [0.2, 0.25) is 5.02 Å². The van der Waals surface area contributed by atoms with Gasteiger partial charge in [-0.05, 0) is 24.6 Å². The topological polar surface area (TPSA) is 26.0 Å². The second-order valence-electron chi connectivity index (χ2n) is 3.06. The maximum Gasteiger partial charge on any atom is 0.128 e. The molecular formula is C10H13ClFN. The molecule has 0 radical (unpaired) electrons. The minimum atomic E-state index is -0.273. The lowest BCUT2D eigenvalue weighted by atomic mass is 10.0. The first-order chi connectivity index (χ1) is 6.15. The molecule has 1 aromatic rings. The van der Waals surface area contributed by atoms with Crippen molar-refractivity contribution in [2.24, 2.45) is 5.73 Å². The maximum absolute atomic E-state index is 13.2. The fraction of sp³-hybridized carbons (Fsp3) is 0.400. The molecule has 0 heterocycles. The van der Waals surface area contributed by atoms with E-state index >= 15 is 0 Å². The Balaban J connectivity index is 2.91. The van der Waals surface area contributed by atoms with Gasteiger partial charge in [0.2, 0.25) is 0 Å². The Hall–Kier alpha value is -0.600. The number of rotatable bonds is 3. The fourth-order valence-electron chi connectivity index (χ4n) is 1.27. The van der Waals surface area contributed by atoms with E-state index in [2.05, 4.69) is 0 Å². The Labute approximate surface area is 82.7 Å². The van der Waals surface area contributed by atoms with Gasteiger partial charge in [0, 0.05) is 16.6 Å². The van der Waals surface area contributed by atoms with Gasteiger partial charge in [-0.2, -0.15) is 0 Å². The van der Waals surface area contributed by atoms with Gasteiger partial charge in [0.05, 0.1) is 0 Å². The van der Waals surface area contributed by atoms with E-state index in [1.807, 2.05) is 6.92 Å². The van der Waals surface area contributed by atoms with Gasteiger partial charge in [-0.25, -0.2) is 4.39 Å². The highest BCUT2D eigenvalue weighted by Gasteiger charge is 2.10. The zero-order valence-corrected chi connectivity index (χ0v) is 8.31. The predicted molar refractivity (Wildman–Crippen MR) is 53.2 cm³/mol. The number of nitrogens with two attached hydrogens (primary N) is 1. The van der Waals surface area contributed by atoms with Crippen LogP contribution in [-0.4, -0.2) is 0 Å². The van der Waals surface area contributed by atoms with Crippen molar-refractivity contribution in [3.8, 4) is 0 Å². The third-order valence-corrected chi connectivity index (χ3v) is 2.19. The molecule has 0 saturated carbocycles. The molecule has 0 aliphatic heterocycles. The summed E-state index contributed by atoms with van der Waals surface area (Å²) in [6.07, 6.45) is 1.71. The van der Waals surface area contributed by atoms with Gasteiger partial charge in [0.15, 0.2) is 0 Å². The smallest absolute Gasteiger partial charge is 0.128 e. The Morgan fingerprint density at radius 2 is 2.23 bits per heavy atom. The van der Waals surface area contributed by atoms with E-state index in [4.69, 9.17) is 17.3 Å². The summed E-state index contributed by atoms with van der Waals surface area (Å²) in [6.45, 7) is 2.02. The van der Waals surface area contributed by atoms with Crippen molar-refractivity contribution in [1.82, 2.24) is 0 Å². The van der Waals surface area contributed by atoms with Crippen LogP contribution in [0, 0.1) is 5.82 Å². The summed E-state index contributed by atoms with van der Waals surface area (Å²) in [7, 11) is 0. The van der Waals surface area contributed by atoms with Crippen LogP contribution in [0.1, 0.15) is 31.4 Å². The first-order valence-electron chi connectivity index (χ1n) is 4.35. The van der Waals surface area contributed by atoms with Gasteiger partial charge in [0.1, 0.15) is 5.82 Å². The van der Waals surface area contributed by atoms with Gasteiger partial charge in [-0.3, -0.25) is 0 Å². The number of benzene rings is 1. The van der Waals surface area contributed by atoms with Gasteiger partial charge >= 0.3 is 0 Å². The molecule has 0 saturated heterocycles. The van der Waals surface area contributed by atoms with Crippen molar-refractivity contribution in [3.63, 3.8) is 0 Å². The van der Waals surface area contributed by atoms with Crippen LogP contribution in [0.25, 0.3) is 0 Å². The summed E-state index contributed by atoms with van der Waals surface area (Å²) in [4.78, 5) is 0. The molecule has 0 spiro atoms. The third-order valence-electron chi connectivity index (χ3n) is 1.96. The number of hydrogen-bond donors (Lipinski definition) is 1. The lowest BCUT2D eigenvalue weighted by Gasteiger charge is -2.11. The van der Waals surface area contributed by atoms with Gasteiger partial charge < -0.3 is 5.73 Å². The second kappa shape index (κ2) is 4.58. The molecule has 0 fully saturated rings. The van der Waals surface area contributed by atoms with E-state index in [1.54, 1.807) is 6.07 Å². The maximum atomic E-state index is 13.2. The Morgan fingerprint density at radius 3 is 2.85 bits per heavy atom. The van der Waals surface area contributed by atoms with E-state index in [0.717, 1.165) is 12.8 Å². The lowest BCUT2D eigenvalue weighted by molar-refractivity contribution is 0.560. The van der Waals surface area contributed by atoms with E-state index in [0.29, 0.717) is 10.6 Å². The van der Waals surface area contributed by atoms with Crippen LogP contribution in [0.5, 0.6) is 0 Å². The zero-order chi connectivity index (χ0) is 9.84. The van der Waals surface area contributed by atoms with E-state index in [9.17, 15) is 4.39 Å². The Kier molecular flexibility index (Phi) is 3.70. The molecule has 0 aliphatic carbocycles. The summed E-state index contributed by atoms with van der Waals surface area (Å²) >= 11 is 5.74. The summed E-state index contributed by atoms with van der Waals surface area (Å²) in [5.74, 6) is -0.273. The van der Waals surface area contributed by atoms with Crippen molar-refractivity contribution in [1.29, 1.82) is 0 Å². The van der Waals surface area contributed by atoms with Crippen molar-refractivity contribution in [2.45, 2.75) is 25.8 Å². The highest BCUT2D eigenvalue weighted by molar-refractivity contribution is 6.30. The first-order valence-corrected chi connectivity index (χ1v) is 4.73. The van der Waals surface area contributed by atoms with E-state index < -0.39 is 0 Å². The van der Waals surface area contributed by atoms with Crippen LogP contribution >= 0.6 is 11.6 Å². The highest BCUT2D eigenvalue weighted by Crippen LogP contribution is 2.22. The first kappa shape index (κ1) is 10.5. The average molecular weight is 202 g/mol. The summed E-state index contributed by atoms with van der Waals surface area (Å²) < 4.78 is 13.2. The molecule has 0 bridgehead atoms. The minimum Gasteiger partial charge on any atom is -0.324 e. The van der Waals surface area contributed by atoms with Gasteiger partial charge in [-0.15, -0.1) is 0 Å². The largest absolute Gasteiger partial charge is 0.324 e. The molecule has 1 nitrogen and oxygen atoms in total. The zero-order valence-electron chi connectivity index (χ0n) is 7.56. The van der Waals surface area contributed by atoms with Crippen molar-refractivity contribution < 1.29 is 4.39 Å². The quantitative estimate of drug-likeness (QED) is 0.798. The Morgan fingerprint density at radius 1 is 1.54 bits per heavy atom. The molecule has 1 aromatic carbocycles. The van der Waals surface area contributed by atoms with Crippen molar-refractivity contribution in [3.05, 3.63) is 34.6 Å². The molecule has 3 heteroatoms. The number of halogens is 2. The normalized spacial score (nSPS) is 12.9. The van der Waals surface area contributed by atoms with Crippen LogP contribution < -0.4 is 5.73 Å². The van der Waals surface area contributed by atoms with Crippen LogP contribution in [0.4, 0.5) is 4.39 Å². The average Bonchev–Trinajstić information content (AvgIpc) is 2.09. The summed E-state index contributed by atoms with van der Waals surface area (Å²) in [6, 6.07) is 4.23. The molecule has 1 atom stereocenters. The lowest BCUT2D eigenvalue weighted by Crippen LogP contribution is -2.11. The molecule has 0 aromatic heterocycles. The van der Waals surface area contributed by atoms with Gasteiger partial charge in [-0.1, -0.05) is 24.9 Å².